The monoisotopic (exact) mass is 446 g/mol. The molecule has 0 radical (unpaired) electrons. The molecule has 168 valence electrons. The highest BCUT2D eigenvalue weighted by molar-refractivity contribution is 5.98. The van der Waals surface area contributed by atoms with Crippen LogP contribution in [0, 0.1) is 0 Å². The first-order chi connectivity index (χ1) is 16.8. The van der Waals surface area contributed by atoms with Crippen molar-refractivity contribution in [2.45, 2.75) is 13.0 Å². The normalized spacial score (nSPS) is 11.8. The molecule has 0 aliphatic rings. The van der Waals surface area contributed by atoms with Crippen LogP contribution in [-0.4, -0.2) is 17.0 Å². The first kappa shape index (κ1) is 21.5. The molecule has 1 atom stereocenters. The summed E-state index contributed by atoms with van der Waals surface area (Å²) in [6.07, 6.45) is 2.01. The Morgan fingerprint density at radius 1 is 0.794 bits per heavy atom. The summed E-state index contributed by atoms with van der Waals surface area (Å²) in [7, 11) is 0. The molecule has 4 heteroatoms. The number of benzene rings is 3. The average molecular weight is 447 g/mol. The summed E-state index contributed by atoms with van der Waals surface area (Å²) in [5, 5.41) is 0. The lowest BCUT2D eigenvalue weighted by Gasteiger charge is -2.34. The number of nitrogens with zero attached hydrogens (tertiary/aromatic N) is 2. The van der Waals surface area contributed by atoms with Crippen molar-refractivity contribution in [1.29, 1.82) is 0 Å². The van der Waals surface area contributed by atoms with Crippen molar-refractivity contribution >= 4 is 22.9 Å². The van der Waals surface area contributed by atoms with Gasteiger partial charge in [0.05, 0.1) is 29.4 Å². The molecule has 0 spiro atoms. The molecule has 4 nitrogen and oxygen atoms in total. The zero-order valence-corrected chi connectivity index (χ0v) is 19.0. The highest BCUT2D eigenvalue weighted by Crippen LogP contribution is 2.40. The van der Waals surface area contributed by atoms with E-state index in [1.165, 1.54) is 0 Å². The summed E-state index contributed by atoms with van der Waals surface area (Å²) in [6.45, 7) is 2.16. The molecule has 0 bridgehead atoms. The molecule has 5 rings (SSSR count). The SMILES string of the molecule is CCOC(=O)c1cc(C(c2ccccc2)N(c2ccccc2)c2ccccc2)n2ccccc12. The maximum Gasteiger partial charge on any atom is 0.340 e. The fourth-order valence-electron chi connectivity index (χ4n) is 4.47. The number of ether oxygens (including phenoxy) is 1. The van der Waals surface area contributed by atoms with Crippen LogP contribution in [0.3, 0.4) is 0 Å². The van der Waals surface area contributed by atoms with Gasteiger partial charge in [0.1, 0.15) is 0 Å². The zero-order chi connectivity index (χ0) is 23.3. The molecule has 2 heterocycles. The first-order valence-corrected chi connectivity index (χ1v) is 11.5. The molecule has 0 N–H and O–H groups in total. The molecular weight excluding hydrogens is 420 g/mol. The fraction of sp³-hybridized carbons (Fsp3) is 0.100. The summed E-state index contributed by atoms with van der Waals surface area (Å²) in [4.78, 5) is 15.2. The minimum atomic E-state index is -0.310. The minimum Gasteiger partial charge on any atom is -0.462 e. The van der Waals surface area contributed by atoms with Crippen molar-refractivity contribution in [1.82, 2.24) is 4.40 Å². The second-order valence-electron chi connectivity index (χ2n) is 8.01. The van der Waals surface area contributed by atoms with E-state index in [0.717, 1.165) is 28.1 Å². The van der Waals surface area contributed by atoms with E-state index in [0.29, 0.717) is 12.2 Å². The van der Waals surface area contributed by atoms with Crippen LogP contribution in [0.5, 0.6) is 0 Å². The Balaban J connectivity index is 1.80. The minimum absolute atomic E-state index is 0.191. The molecule has 0 saturated heterocycles. The number of pyridine rings is 1. The second-order valence-corrected chi connectivity index (χ2v) is 8.01. The van der Waals surface area contributed by atoms with E-state index in [9.17, 15) is 4.79 Å². The van der Waals surface area contributed by atoms with Gasteiger partial charge < -0.3 is 14.0 Å². The predicted octanol–water partition coefficient (Wildman–Crippen LogP) is 7.04. The van der Waals surface area contributed by atoms with Crippen LogP contribution in [0.4, 0.5) is 11.4 Å². The van der Waals surface area contributed by atoms with E-state index in [4.69, 9.17) is 4.74 Å². The third kappa shape index (κ3) is 4.06. The summed E-state index contributed by atoms with van der Waals surface area (Å²) in [5.74, 6) is -0.310. The topological polar surface area (TPSA) is 34.0 Å². The number of aromatic nitrogens is 1. The van der Waals surface area contributed by atoms with Crippen LogP contribution in [0.1, 0.15) is 34.6 Å². The van der Waals surface area contributed by atoms with E-state index in [2.05, 4.69) is 57.8 Å². The van der Waals surface area contributed by atoms with Gasteiger partial charge in [0.15, 0.2) is 0 Å². The van der Waals surface area contributed by atoms with Crippen molar-refractivity contribution in [2.24, 2.45) is 0 Å². The molecular formula is C30H26N2O2. The number of rotatable bonds is 7. The number of carbonyl (C=O) groups is 1. The van der Waals surface area contributed by atoms with Crippen LogP contribution >= 0.6 is 0 Å². The van der Waals surface area contributed by atoms with Gasteiger partial charge in [-0.15, -0.1) is 0 Å². The standard InChI is InChI=1S/C30H26N2O2/c1-2-34-30(33)26-22-28(31-21-13-12-20-27(26)31)29(23-14-6-3-7-15-23)32(24-16-8-4-9-17-24)25-18-10-5-11-19-25/h3-22,29H,2H2,1H3. The molecule has 1 unspecified atom stereocenters. The van der Waals surface area contributed by atoms with Gasteiger partial charge in [-0.3, -0.25) is 0 Å². The van der Waals surface area contributed by atoms with Crippen LogP contribution in [0.2, 0.25) is 0 Å². The Labute approximate surface area is 199 Å². The third-order valence-corrected chi connectivity index (χ3v) is 5.92. The molecule has 2 aromatic heterocycles. The number of hydrogen-bond acceptors (Lipinski definition) is 3. The van der Waals surface area contributed by atoms with Gasteiger partial charge in [0.2, 0.25) is 0 Å². The lowest BCUT2D eigenvalue weighted by atomic mass is 9.99. The van der Waals surface area contributed by atoms with Crippen LogP contribution in [-0.2, 0) is 4.74 Å². The maximum atomic E-state index is 12.9. The van der Waals surface area contributed by atoms with E-state index in [1.807, 2.05) is 79.9 Å². The summed E-state index contributed by atoms with van der Waals surface area (Å²) in [5.41, 5.74) is 5.63. The van der Waals surface area contributed by atoms with Crippen LogP contribution in [0.25, 0.3) is 5.52 Å². The van der Waals surface area contributed by atoms with Gasteiger partial charge in [-0.25, -0.2) is 4.79 Å². The molecule has 0 aliphatic heterocycles. The number of fused-ring (bicyclic) bond motifs is 1. The summed E-state index contributed by atoms with van der Waals surface area (Å²) < 4.78 is 7.50. The van der Waals surface area contributed by atoms with Gasteiger partial charge in [-0.2, -0.15) is 0 Å². The van der Waals surface area contributed by atoms with Gasteiger partial charge in [0.25, 0.3) is 0 Å². The average Bonchev–Trinajstić information content (AvgIpc) is 3.28. The molecule has 34 heavy (non-hydrogen) atoms. The highest BCUT2D eigenvalue weighted by atomic mass is 16.5. The second kappa shape index (κ2) is 9.67. The van der Waals surface area contributed by atoms with E-state index >= 15 is 0 Å². The Bertz CT molecular complexity index is 1340. The zero-order valence-electron chi connectivity index (χ0n) is 19.0. The van der Waals surface area contributed by atoms with Gasteiger partial charge >= 0.3 is 5.97 Å². The fourth-order valence-corrected chi connectivity index (χ4v) is 4.47. The molecule has 0 amide bonds. The van der Waals surface area contributed by atoms with E-state index < -0.39 is 0 Å². The highest BCUT2D eigenvalue weighted by Gasteiger charge is 2.29. The van der Waals surface area contributed by atoms with Crippen LogP contribution < -0.4 is 4.90 Å². The molecule has 0 aliphatic carbocycles. The van der Waals surface area contributed by atoms with Crippen molar-refractivity contribution in [3.8, 4) is 0 Å². The number of hydrogen-bond donors (Lipinski definition) is 0. The number of anilines is 2. The van der Waals surface area contributed by atoms with Crippen LogP contribution in [0.15, 0.2) is 121 Å². The molecule has 3 aromatic carbocycles. The van der Waals surface area contributed by atoms with E-state index in [-0.39, 0.29) is 12.0 Å². The summed E-state index contributed by atoms with van der Waals surface area (Å²) in [6, 6.07) is 38.8. The Morgan fingerprint density at radius 2 is 1.35 bits per heavy atom. The van der Waals surface area contributed by atoms with Crippen molar-refractivity contribution in [3.05, 3.63) is 138 Å². The lowest BCUT2D eigenvalue weighted by molar-refractivity contribution is 0.0528. The van der Waals surface area contributed by atoms with E-state index in [1.54, 1.807) is 0 Å². The smallest absolute Gasteiger partial charge is 0.340 e. The first-order valence-electron chi connectivity index (χ1n) is 11.5. The molecule has 5 aromatic rings. The Kier molecular flexibility index (Phi) is 6.13. The Morgan fingerprint density at radius 3 is 1.94 bits per heavy atom. The predicted molar refractivity (Wildman–Crippen MR) is 137 cm³/mol. The van der Waals surface area contributed by atoms with Crippen molar-refractivity contribution < 1.29 is 9.53 Å². The maximum absolute atomic E-state index is 12.9. The Hall–Kier alpha value is -4.31. The number of carbonyl (C=O) groups excluding carboxylic acids is 1. The van der Waals surface area contributed by atoms with Gasteiger partial charge in [-0.1, -0.05) is 72.8 Å². The van der Waals surface area contributed by atoms with Crippen molar-refractivity contribution in [2.75, 3.05) is 11.5 Å². The number of para-hydroxylation sites is 2. The third-order valence-electron chi connectivity index (χ3n) is 5.92. The number of esters is 1. The van der Waals surface area contributed by atoms with Crippen molar-refractivity contribution in [3.63, 3.8) is 0 Å². The van der Waals surface area contributed by atoms with Gasteiger partial charge in [0, 0.05) is 17.6 Å². The van der Waals surface area contributed by atoms with Gasteiger partial charge in [-0.05, 0) is 55.0 Å². The molecule has 0 fully saturated rings. The quantitative estimate of drug-likeness (QED) is 0.251. The summed E-state index contributed by atoms with van der Waals surface area (Å²) >= 11 is 0. The molecule has 0 saturated carbocycles. The lowest BCUT2D eigenvalue weighted by Crippen LogP contribution is -2.26. The largest absolute Gasteiger partial charge is 0.462 e.